The van der Waals surface area contributed by atoms with E-state index in [2.05, 4.69) is 22.6 Å². The molecule has 0 aliphatic carbocycles. The first kappa shape index (κ1) is 13.8. The summed E-state index contributed by atoms with van der Waals surface area (Å²) in [5, 5.41) is 12.5. The molecule has 1 heterocycles. The molecule has 0 fully saturated rings. The van der Waals surface area contributed by atoms with Crippen molar-refractivity contribution in [2.45, 2.75) is 20.0 Å². The summed E-state index contributed by atoms with van der Waals surface area (Å²) in [5.74, 6) is 0.761. The van der Waals surface area contributed by atoms with Gasteiger partial charge in [0.25, 0.3) is 0 Å². The lowest BCUT2D eigenvalue weighted by Crippen LogP contribution is -2.03. The molecule has 0 saturated heterocycles. The van der Waals surface area contributed by atoms with Crippen molar-refractivity contribution in [1.29, 1.82) is 0 Å². The summed E-state index contributed by atoms with van der Waals surface area (Å²) in [6.07, 6.45) is -0.619. The van der Waals surface area contributed by atoms with Gasteiger partial charge < -0.3 is 9.84 Å². The first-order chi connectivity index (χ1) is 8.61. The van der Waals surface area contributed by atoms with Crippen LogP contribution >= 0.6 is 33.9 Å². The number of hydrogen-bond donors (Lipinski definition) is 1. The van der Waals surface area contributed by atoms with Crippen LogP contribution in [0.4, 0.5) is 0 Å². The number of rotatable bonds is 4. The van der Waals surface area contributed by atoms with E-state index in [-0.39, 0.29) is 0 Å². The van der Waals surface area contributed by atoms with Gasteiger partial charge in [-0.05, 0) is 65.6 Å². The topological polar surface area (TPSA) is 29.5 Å². The van der Waals surface area contributed by atoms with Gasteiger partial charge in [-0.2, -0.15) is 0 Å². The molecule has 2 rings (SSSR count). The molecule has 96 valence electrons. The Labute approximate surface area is 125 Å². The molecule has 0 aliphatic rings. The maximum absolute atomic E-state index is 10.5. The maximum Gasteiger partial charge on any atom is 0.125 e. The van der Waals surface area contributed by atoms with Crippen molar-refractivity contribution in [1.82, 2.24) is 0 Å². The number of hydrogen-bond acceptors (Lipinski definition) is 3. The van der Waals surface area contributed by atoms with Crippen molar-refractivity contribution < 1.29 is 9.84 Å². The number of aryl methyl sites for hydroxylation is 1. The maximum atomic E-state index is 10.5. The lowest BCUT2D eigenvalue weighted by atomic mass is 10.0. The first-order valence-electron chi connectivity index (χ1n) is 5.77. The second-order valence-electron chi connectivity index (χ2n) is 4.06. The van der Waals surface area contributed by atoms with Crippen LogP contribution < -0.4 is 4.74 Å². The molecular formula is C14H15IO2S. The minimum atomic E-state index is -0.619. The number of aliphatic hydroxyl groups is 1. The Balaban J connectivity index is 2.39. The van der Waals surface area contributed by atoms with Crippen LogP contribution in [0.5, 0.6) is 5.75 Å². The molecule has 0 aliphatic heterocycles. The lowest BCUT2D eigenvalue weighted by molar-refractivity contribution is 0.212. The molecule has 0 amide bonds. The van der Waals surface area contributed by atoms with Gasteiger partial charge in [0, 0.05) is 5.56 Å². The number of aliphatic hydroxyl groups excluding tert-OH is 1. The van der Waals surface area contributed by atoms with Gasteiger partial charge >= 0.3 is 0 Å². The molecule has 0 bridgehead atoms. The fourth-order valence-corrected chi connectivity index (χ4v) is 3.21. The van der Waals surface area contributed by atoms with Crippen molar-refractivity contribution in [3.63, 3.8) is 0 Å². The zero-order valence-electron chi connectivity index (χ0n) is 10.3. The van der Waals surface area contributed by atoms with Crippen LogP contribution in [-0.4, -0.2) is 11.7 Å². The fraction of sp³-hybridized carbons (Fsp3) is 0.286. The first-order valence-corrected chi connectivity index (χ1v) is 7.73. The molecule has 0 spiro atoms. The predicted octanol–water partition coefficient (Wildman–Crippen LogP) is 4.14. The largest absolute Gasteiger partial charge is 0.493 e. The molecule has 1 aromatic carbocycles. The average molecular weight is 374 g/mol. The zero-order chi connectivity index (χ0) is 13.1. The van der Waals surface area contributed by atoms with Gasteiger partial charge in [-0.15, -0.1) is 11.3 Å². The molecule has 2 nitrogen and oxygen atoms in total. The molecule has 18 heavy (non-hydrogen) atoms. The van der Waals surface area contributed by atoms with Crippen molar-refractivity contribution >= 4 is 33.9 Å². The van der Waals surface area contributed by atoms with Crippen LogP contribution in [0.15, 0.2) is 29.6 Å². The highest BCUT2D eigenvalue weighted by Crippen LogP contribution is 2.33. The van der Waals surface area contributed by atoms with Crippen molar-refractivity contribution in [3.8, 4) is 5.75 Å². The van der Waals surface area contributed by atoms with Crippen LogP contribution in [0.1, 0.15) is 29.7 Å². The van der Waals surface area contributed by atoms with E-state index >= 15 is 0 Å². The summed E-state index contributed by atoms with van der Waals surface area (Å²) in [6.45, 7) is 4.57. The Kier molecular flexibility index (Phi) is 4.64. The quantitative estimate of drug-likeness (QED) is 0.816. The SMILES string of the molecule is CCOc1ccc(C)cc1C(O)c1csc(I)c1. The summed E-state index contributed by atoms with van der Waals surface area (Å²) < 4.78 is 6.76. The summed E-state index contributed by atoms with van der Waals surface area (Å²) in [4.78, 5) is 0. The van der Waals surface area contributed by atoms with Crippen LogP contribution in [0.3, 0.4) is 0 Å². The predicted molar refractivity (Wildman–Crippen MR) is 83.4 cm³/mol. The molecule has 1 unspecified atom stereocenters. The van der Waals surface area contributed by atoms with E-state index in [0.29, 0.717) is 6.61 Å². The molecule has 0 radical (unpaired) electrons. The molecule has 1 aromatic heterocycles. The molecule has 2 aromatic rings. The lowest BCUT2D eigenvalue weighted by Gasteiger charge is -2.15. The molecule has 4 heteroatoms. The number of benzene rings is 1. The van der Waals surface area contributed by atoms with E-state index in [1.807, 2.05) is 43.5 Å². The smallest absolute Gasteiger partial charge is 0.125 e. The highest BCUT2D eigenvalue weighted by atomic mass is 127. The van der Waals surface area contributed by atoms with Crippen LogP contribution in [0.25, 0.3) is 0 Å². The minimum absolute atomic E-state index is 0.601. The van der Waals surface area contributed by atoms with E-state index in [1.54, 1.807) is 11.3 Å². The Morgan fingerprint density at radius 3 is 2.78 bits per heavy atom. The Morgan fingerprint density at radius 1 is 1.39 bits per heavy atom. The zero-order valence-corrected chi connectivity index (χ0v) is 13.3. The number of ether oxygens (including phenoxy) is 1. The van der Waals surface area contributed by atoms with Crippen LogP contribution in [-0.2, 0) is 0 Å². The summed E-state index contributed by atoms with van der Waals surface area (Å²) >= 11 is 3.90. The van der Waals surface area contributed by atoms with Gasteiger partial charge in [0.2, 0.25) is 0 Å². The van der Waals surface area contributed by atoms with Crippen LogP contribution in [0.2, 0.25) is 0 Å². The van der Waals surface area contributed by atoms with Crippen molar-refractivity contribution in [3.05, 3.63) is 49.2 Å². The average Bonchev–Trinajstić information content (AvgIpc) is 2.77. The van der Waals surface area contributed by atoms with Crippen molar-refractivity contribution in [2.75, 3.05) is 6.61 Å². The van der Waals surface area contributed by atoms with Crippen molar-refractivity contribution in [2.24, 2.45) is 0 Å². The highest BCUT2D eigenvalue weighted by molar-refractivity contribution is 14.1. The second-order valence-corrected chi connectivity index (χ2v) is 6.87. The van der Waals surface area contributed by atoms with E-state index in [1.165, 1.54) is 2.88 Å². The van der Waals surface area contributed by atoms with E-state index in [4.69, 9.17) is 4.74 Å². The Hall–Kier alpha value is -0.590. The van der Waals surface area contributed by atoms with Gasteiger partial charge in [0.05, 0.1) is 9.49 Å². The van der Waals surface area contributed by atoms with E-state index in [0.717, 1.165) is 22.4 Å². The van der Waals surface area contributed by atoms with Crippen LogP contribution in [0, 0.1) is 9.81 Å². The third kappa shape index (κ3) is 3.05. The fourth-order valence-electron chi connectivity index (χ4n) is 1.81. The summed E-state index contributed by atoms with van der Waals surface area (Å²) in [6, 6.07) is 7.92. The molecule has 1 N–H and O–H groups in total. The molecule has 1 atom stereocenters. The molecular weight excluding hydrogens is 359 g/mol. The Bertz CT molecular complexity index is 536. The normalized spacial score (nSPS) is 12.4. The van der Waals surface area contributed by atoms with Gasteiger partial charge in [-0.25, -0.2) is 0 Å². The summed E-state index contributed by atoms with van der Waals surface area (Å²) in [5.41, 5.74) is 2.89. The summed E-state index contributed by atoms with van der Waals surface area (Å²) in [7, 11) is 0. The third-order valence-electron chi connectivity index (χ3n) is 2.66. The number of halogens is 1. The van der Waals surface area contributed by atoms with Gasteiger partial charge in [0.1, 0.15) is 11.9 Å². The second kappa shape index (κ2) is 6.04. The van der Waals surface area contributed by atoms with E-state index < -0.39 is 6.10 Å². The monoisotopic (exact) mass is 374 g/mol. The van der Waals surface area contributed by atoms with Gasteiger partial charge in [-0.3, -0.25) is 0 Å². The standard InChI is InChI=1S/C14H15IO2S/c1-3-17-12-5-4-9(2)6-11(12)14(16)10-7-13(15)18-8-10/h4-8,14,16H,3H2,1-2H3. The van der Waals surface area contributed by atoms with Gasteiger partial charge in [0.15, 0.2) is 0 Å². The Morgan fingerprint density at radius 2 is 2.17 bits per heavy atom. The number of thiophene rings is 1. The van der Waals surface area contributed by atoms with Gasteiger partial charge in [-0.1, -0.05) is 11.6 Å². The minimum Gasteiger partial charge on any atom is -0.493 e. The third-order valence-corrected chi connectivity index (χ3v) is 4.47. The van der Waals surface area contributed by atoms with E-state index in [9.17, 15) is 5.11 Å². The molecule has 0 saturated carbocycles. The highest BCUT2D eigenvalue weighted by Gasteiger charge is 2.17.